The minimum atomic E-state index is -1.14. The molecule has 0 aliphatic heterocycles. The number of amides is 2. The Labute approximate surface area is 201 Å². The Morgan fingerprint density at radius 3 is 2.26 bits per heavy atom. The van der Waals surface area contributed by atoms with Gasteiger partial charge in [-0.2, -0.15) is 0 Å². The number of carbonyl (C=O) groups excluding carboxylic acids is 3. The Morgan fingerprint density at radius 2 is 1.74 bits per heavy atom. The molecule has 0 bridgehead atoms. The number of nitro groups is 1. The van der Waals surface area contributed by atoms with Gasteiger partial charge in [-0.3, -0.25) is 19.7 Å². The number of benzene rings is 2. The van der Waals surface area contributed by atoms with Crippen LogP contribution in [0.4, 0.5) is 11.4 Å². The third kappa shape index (κ3) is 7.17. The van der Waals surface area contributed by atoms with Gasteiger partial charge in [-0.15, -0.1) is 0 Å². The van der Waals surface area contributed by atoms with Gasteiger partial charge in [0.25, 0.3) is 17.5 Å². The molecule has 2 atom stereocenters. The van der Waals surface area contributed by atoms with E-state index >= 15 is 0 Å². The van der Waals surface area contributed by atoms with E-state index < -0.39 is 34.9 Å². The lowest BCUT2D eigenvalue weighted by Crippen LogP contribution is -2.47. The molecule has 2 aromatic carbocycles. The molecule has 0 heterocycles. The summed E-state index contributed by atoms with van der Waals surface area (Å²) >= 11 is 6.00. The van der Waals surface area contributed by atoms with Gasteiger partial charge < -0.3 is 20.1 Å². The summed E-state index contributed by atoms with van der Waals surface area (Å²) in [6.07, 6.45) is -1.14. The quantitative estimate of drug-likeness (QED) is 0.291. The van der Waals surface area contributed by atoms with Crippen LogP contribution in [0.5, 0.6) is 5.75 Å². The number of non-ortho nitro benzene ring substituents is 1. The Morgan fingerprint density at radius 1 is 1.09 bits per heavy atom. The fourth-order valence-electron chi connectivity index (χ4n) is 2.86. The second kappa shape index (κ2) is 12.0. The van der Waals surface area contributed by atoms with Crippen LogP contribution < -0.4 is 15.4 Å². The first-order valence-electron chi connectivity index (χ1n) is 10.5. The summed E-state index contributed by atoms with van der Waals surface area (Å²) in [4.78, 5) is 48.0. The van der Waals surface area contributed by atoms with Crippen LogP contribution in [0.25, 0.3) is 0 Å². The maximum Gasteiger partial charge on any atom is 0.329 e. The number of anilines is 1. The van der Waals surface area contributed by atoms with Crippen molar-refractivity contribution in [2.45, 2.75) is 39.8 Å². The van der Waals surface area contributed by atoms with Gasteiger partial charge in [-0.1, -0.05) is 25.4 Å². The summed E-state index contributed by atoms with van der Waals surface area (Å²) in [5.41, 5.74) is 0.193. The van der Waals surface area contributed by atoms with E-state index in [2.05, 4.69) is 10.6 Å². The molecule has 2 aromatic rings. The molecule has 0 saturated carbocycles. The highest BCUT2D eigenvalue weighted by molar-refractivity contribution is 6.34. The minimum Gasteiger partial charge on any atom is -0.494 e. The molecule has 11 heteroatoms. The molecular weight excluding hydrogens is 466 g/mol. The fraction of sp³-hybridized carbons (Fsp3) is 0.348. The minimum absolute atomic E-state index is 0.0352. The molecule has 10 nitrogen and oxygen atoms in total. The van der Waals surface area contributed by atoms with Crippen LogP contribution in [0.15, 0.2) is 42.5 Å². The molecule has 1 unspecified atom stereocenters. The zero-order chi connectivity index (χ0) is 25.4. The zero-order valence-corrected chi connectivity index (χ0v) is 19.9. The summed E-state index contributed by atoms with van der Waals surface area (Å²) in [5, 5.41) is 15.9. The Kier molecular flexibility index (Phi) is 9.37. The number of hydrogen-bond donors (Lipinski definition) is 2. The number of nitrogens with one attached hydrogen (secondary N) is 2. The van der Waals surface area contributed by atoms with Gasteiger partial charge in [0.1, 0.15) is 11.8 Å². The molecule has 0 aliphatic rings. The summed E-state index contributed by atoms with van der Waals surface area (Å²) in [5.74, 6) is -1.79. The molecule has 0 aromatic heterocycles. The molecule has 2 N–H and O–H groups in total. The third-order valence-electron chi connectivity index (χ3n) is 4.71. The van der Waals surface area contributed by atoms with Crippen LogP contribution in [0.3, 0.4) is 0 Å². The number of hydrogen-bond acceptors (Lipinski definition) is 7. The number of ether oxygens (including phenoxy) is 2. The molecule has 0 saturated heterocycles. The molecule has 0 aliphatic carbocycles. The van der Waals surface area contributed by atoms with Crippen molar-refractivity contribution in [2.24, 2.45) is 5.92 Å². The Bertz CT molecular complexity index is 1060. The first kappa shape index (κ1) is 26.6. The van der Waals surface area contributed by atoms with Crippen LogP contribution in [0.1, 0.15) is 38.1 Å². The topological polar surface area (TPSA) is 137 Å². The van der Waals surface area contributed by atoms with Crippen LogP contribution in [0, 0.1) is 16.0 Å². The maximum atomic E-state index is 12.7. The van der Waals surface area contributed by atoms with E-state index in [0.29, 0.717) is 18.0 Å². The van der Waals surface area contributed by atoms with Crippen molar-refractivity contribution in [1.82, 2.24) is 5.32 Å². The van der Waals surface area contributed by atoms with E-state index in [0.717, 1.165) is 12.1 Å². The first-order chi connectivity index (χ1) is 16.0. The molecule has 0 radical (unpaired) electrons. The number of carbonyl (C=O) groups is 3. The molecule has 0 fully saturated rings. The Balaban J connectivity index is 2.02. The highest BCUT2D eigenvalue weighted by atomic mass is 35.5. The van der Waals surface area contributed by atoms with Crippen molar-refractivity contribution in [2.75, 3.05) is 11.9 Å². The van der Waals surface area contributed by atoms with Crippen LogP contribution in [0.2, 0.25) is 5.02 Å². The SMILES string of the molecule is CCOc1ccc(NC(=O)C(C)OC(=O)[C@@H](NC(=O)c2ccc([N+](=O)[O-])cc2Cl)C(C)C)cc1. The van der Waals surface area contributed by atoms with Crippen molar-refractivity contribution in [3.8, 4) is 5.75 Å². The van der Waals surface area contributed by atoms with Crippen molar-refractivity contribution in [3.05, 3.63) is 63.2 Å². The lowest BCUT2D eigenvalue weighted by Gasteiger charge is -2.23. The van der Waals surface area contributed by atoms with Gasteiger partial charge in [0, 0.05) is 17.8 Å². The zero-order valence-electron chi connectivity index (χ0n) is 19.2. The number of nitrogens with zero attached hydrogens (tertiary/aromatic N) is 1. The van der Waals surface area contributed by atoms with E-state index in [1.165, 1.54) is 13.0 Å². The van der Waals surface area contributed by atoms with Gasteiger partial charge in [0.2, 0.25) is 0 Å². The predicted molar refractivity (Wildman–Crippen MR) is 126 cm³/mol. The number of halogens is 1. The lowest BCUT2D eigenvalue weighted by atomic mass is 10.0. The van der Waals surface area contributed by atoms with E-state index in [1.54, 1.807) is 38.1 Å². The van der Waals surface area contributed by atoms with E-state index in [1.807, 2.05) is 6.92 Å². The largest absolute Gasteiger partial charge is 0.494 e. The second-order valence-corrected chi connectivity index (χ2v) is 8.05. The molecular formula is C23H26ClN3O7. The van der Waals surface area contributed by atoms with Crippen molar-refractivity contribution in [1.29, 1.82) is 0 Å². The highest BCUT2D eigenvalue weighted by Crippen LogP contribution is 2.23. The van der Waals surface area contributed by atoms with Crippen molar-refractivity contribution < 1.29 is 28.8 Å². The summed E-state index contributed by atoms with van der Waals surface area (Å²) in [7, 11) is 0. The van der Waals surface area contributed by atoms with E-state index in [9.17, 15) is 24.5 Å². The standard InChI is InChI=1S/C23H26ClN3O7/c1-5-33-17-9-6-15(7-10-17)25-21(28)14(4)34-23(30)20(13(2)3)26-22(29)18-11-8-16(27(31)32)12-19(18)24/h6-14,20H,5H2,1-4H3,(H,25,28)(H,26,29)/t14?,20-/m0/s1. The second-order valence-electron chi connectivity index (χ2n) is 7.64. The van der Waals surface area contributed by atoms with E-state index in [4.69, 9.17) is 21.1 Å². The van der Waals surface area contributed by atoms with Gasteiger partial charge in [-0.25, -0.2) is 4.79 Å². The lowest BCUT2D eigenvalue weighted by molar-refractivity contribution is -0.384. The average molecular weight is 492 g/mol. The highest BCUT2D eigenvalue weighted by Gasteiger charge is 2.30. The predicted octanol–water partition coefficient (Wildman–Crippen LogP) is 3.97. The summed E-state index contributed by atoms with van der Waals surface area (Å²) in [6, 6.07) is 9.01. The summed E-state index contributed by atoms with van der Waals surface area (Å²) in [6.45, 7) is 7.17. The van der Waals surface area contributed by atoms with E-state index in [-0.39, 0.29) is 22.2 Å². The molecule has 2 amide bonds. The number of rotatable bonds is 10. The smallest absolute Gasteiger partial charge is 0.329 e. The fourth-order valence-corrected chi connectivity index (χ4v) is 3.13. The van der Waals surface area contributed by atoms with Gasteiger partial charge in [0.15, 0.2) is 6.10 Å². The first-order valence-corrected chi connectivity index (χ1v) is 10.9. The average Bonchev–Trinajstić information content (AvgIpc) is 2.78. The van der Waals surface area contributed by atoms with Gasteiger partial charge >= 0.3 is 5.97 Å². The van der Waals surface area contributed by atoms with Crippen molar-refractivity contribution >= 4 is 40.8 Å². The Hall–Kier alpha value is -3.66. The van der Waals surface area contributed by atoms with Crippen LogP contribution in [-0.2, 0) is 14.3 Å². The molecule has 2 rings (SSSR count). The monoisotopic (exact) mass is 491 g/mol. The van der Waals surface area contributed by atoms with Crippen LogP contribution >= 0.6 is 11.6 Å². The van der Waals surface area contributed by atoms with Gasteiger partial charge in [-0.05, 0) is 50.1 Å². The maximum absolute atomic E-state index is 12.7. The van der Waals surface area contributed by atoms with Crippen LogP contribution in [-0.4, -0.2) is 41.5 Å². The molecule has 0 spiro atoms. The molecule has 182 valence electrons. The summed E-state index contributed by atoms with van der Waals surface area (Å²) < 4.78 is 10.6. The normalized spacial score (nSPS) is 12.4. The van der Waals surface area contributed by atoms with Crippen molar-refractivity contribution in [3.63, 3.8) is 0 Å². The number of esters is 1. The number of nitro benzene ring substituents is 1. The van der Waals surface area contributed by atoms with Gasteiger partial charge in [0.05, 0.1) is 22.1 Å². The third-order valence-corrected chi connectivity index (χ3v) is 5.02. The molecule has 34 heavy (non-hydrogen) atoms.